The molecule has 0 radical (unpaired) electrons. The Morgan fingerprint density at radius 2 is 1.92 bits per heavy atom. The lowest BCUT2D eigenvalue weighted by atomic mass is 10.1. The van der Waals surface area contributed by atoms with Crippen LogP contribution in [0.4, 0.5) is 0 Å². The van der Waals surface area contributed by atoms with Crippen LogP contribution in [0.15, 0.2) is 54.7 Å². The summed E-state index contributed by atoms with van der Waals surface area (Å²) in [6, 6.07) is 17.7. The standard InChI is InChI=1S/C22H26N4/c1-25(2)16-20-11-12-23-22(24-20)21-8-5-13-26(21)15-17-9-10-18-6-3-4-7-19(18)14-17/h3-4,6-7,9-12,14,21H,5,8,13,15-16H2,1-2H3/t21-/m1/s1. The molecule has 3 aromatic rings. The summed E-state index contributed by atoms with van der Waals surface area (Å²) in [6.45, 7) is 2.92. The Balaban J connectivity index is 1.54. The van der Waals surface area contributed by atoms with Gasteiger partial charge < -0.3 is 4.90 Å². The summed E-state index contributed by atoms with van der Waals surface area (Å²) in [4.78, 5) is 14.1. The lowest BCUT2D eigenvalue weighted by molar-refractivity contribution is 0.239. The van der Waals surface area contributed by atoms with Gasteiger partial charge in [0.15, 0.2) is 0 Å². The summed E-state index contributed by atoms with van der Waals surface area (Å²) in [6.07, 6.45) is 4.26. The molecule has 0 aliphatic carbocycles. The molecule has 4 heteroatoms. The minimum absolute atomic E-state index is 0.323. The van der Waals surface area contributed by atoms with E-state index in [0.29, 0.717) is 6.04 Å². The fourth-order valence-electron chi connectivity index (χ4n) is 3.86. The summed E-state index contributed by atoms with van der Waals surface area (Å²) >= 11 is 0. The Morgan fingerprint density at radius 3 is 2.77 bits per heavy atom. The molecule has 2 heterocycles. The van der Waals surface area contributed by atoms with Crippen LogP contribution in [0.1, 0.15) is 36.0 Å². The van der Waals surface area contributed by atoms with Gasteiger partial charge in [0.1, 0.15) is 5.82 Å². The average molecular weight is 346 g/mol. The summed E-state index contributed by atoms with van der Waals surface area (Å²) < 4.78 is 0. The maximum Gasteiger partial charge on any atom is 0.145 e. The summed E-state index contributed by atoms with van der Waals surface area (Å²) in [5.74, 6) is 0.975. The molecule has 4 rings (SSSR count). The van der Waals surface area contributed by atoms with Crippen LogP contribution in [0, 0.1) is 0 Å². The van der Waals surface area contributed by atoms with Crippen LogP contribution in [0.5, 0.6) is 0 Å². The van der Waals surface area contributed by atoms with Gasteiger partial charge in [0.05, 0.1) is 11.7 Å². The predicted octanol–water partition coefficient (Wildman–Crippen LogP) is 4.03. The third-order valence-electron chi connectivity index (χ3n) is 5.07. The number of benzene rings is 2. The minimum Gasteiger partial charge on any atom is -0.304 e. The quantitative estimate of drug-likeness (QED) is 0.698. The maximum atomic E-state index is 4.84. The van der Waals surface area contributed by atoms with Crippen molar-refractivity contribution in [2.24, 2.45) is 0 Å². The molecule has 2 aromatic carbocycles. The minimum atomic E-state index is 0.323. The topological polar surface area (TPSA) is 32.3 Å². The molecule has 1 saturated heterocycles. The molecule has 1 aliphatic rings. The number of aromatic nitrogens is 2. The second-order valence-electron chi connectivity index (χ2n) is 7.45. The summed E-state index contributed by atoms with van der Waals surface area (Å²) in [7, 11) is 4.15. The molecule has 0 bridgehead atoms. The number of likely N-dealkylation sites (tertiary alicyclic amines) is 1. The molecule has 1 fully saturated rings. The lowest BCUT2D eigenvalue weighted by Gasteiger charge is -2.24. The molecule has 0 N–H and O–H groups in total. The van der Waals surface area contributed by atoms with Gasteiger partial charge >= 0.3 is 0 Å². The fraction of sp³-hybridized carbons (Fsp3) is 0.364. The van der Waals surface area contributed by atoms with Crippen molar-refractivity contribution in [1.82, 2.24) is 19.8 Å². The number of fused-ring (bicyclic) bond motifs is 1. The monoisotopic (exact) mass is 346 g/mol. The Bertz CT molecular complexity index is 890. The van der Waals surface area contributed by atoms with Crippen molar-refractivity contribution in [1.29, 1.82) is 0 Å². The highest BCUT2D eigenvalue weighted by Gasteiger charge is 2.28. The van der Waals surface area contributed by atoms with Gasteiger partial charge in [-0.3, -0.25) is 4.90 Å². The van der Waals surface area contributed by atoms with Crippen LogP contribution in [0.25, 0.3) is 10.8 Å². The molecule has 1 atom stereocenters. The van der Waals surface area contributed by atoms with E-state index in [0.717, 1.165) is 37.6 Å². The first-order valence-electron chi connectivity index (χ1n) is 9.37. The maximum absolute atomic E-state index is 4.84. The smallest absolute Gasteiger partial charge is 0.145 e. The largest absolute Gasteiger partial charge is 0.304 e. The van der Waals surface area contributed by atoms with Crippen molar-refractivity contribution in [3.8, 4) is 0 Å². The molecule has 0 amide bonds. The van der Waals surface area contributed by atoms with Crippen molar-refractivity contribution in [3.05, 3.63) is 71.8 Å². The number of rotatable bonds is 5. The van der Waals surface area contributed by atoms with Crippen molar-refractivity contribution in [2.75, 3.05) is 20.6 Å². The summed E-state index contributed by atoms with van der Waals surface area (Å²) in [5.41, 5.74) is 2.46. The number of hydrogen-bond acceptors (Lipinski definition) is 4. The Hall–Kier alpha value is -2.30. The first-order valence-corrected chi connectivity index (χ1v) is 9.37. The van der Waals surface area contributed by atoms with Gasteiger partial charge in [0.2, 0.25) is 0 Å². The third kappa shape index (κ3) is 3.76. The third-order valence-corrected chi connectivity index (χ3v) is 5.07. The fourth-order valence-corrected chi connectivity index (χ4v) is 3.86. The van der Waals surface area contributed by atoms with Gasteiger partial charge in [0.25, 0.3) is 0 Å². The van der Waals surface area contributed by atoms with Crippen LogP contribution < -0.4 is 0 Å². The van der Waals surface area contributed by atoms with E-state index in [1.807, 2.05) is 12.3 Å². The molecule has 134 valence electrons. The molecule has 0 unspecified atom stereocenters. The second-order valence-corrected chi connectivity index (χ2v) is 7.45. The van der Waals surface area contributed by atoms with Crippen LogP contribution in [-0.4, -0.2) is 40.4 Å². The average Bonchev–Trinajstić information content (AvgIpc) is 3.09. The molecule has 1 aliphatic heterocycles. The zero-order valence-electron chi connectivity index (χ0n) is 15.6. The highest BCUT2D eigenvalue weighted by atomic mass is 15.2. The predicted molar refractivity (Wildman–Crippen MR) is 106 cm³/mol. The van der Waals surface area contributed by atoms with Crippen LogP contribution in [0.2, 0.25) is 0 Å². The van der Waals surface area contributed by atoms with Gasteiger partial charge in [-0.05, 0) is 62.0 Å². The Labute approximate surface area is 155 Å². The van der Waals surface area contributed by atoms with E-state index < -0.39 is 0 Å². The molecular weight excluding hydrogens is 320 g/mol. The first-order chi connectivity index (χ1) is 12.7. The lowest BCUT2D eigenvalue weighted by Crippen LogP contribution is -2.25. The molecule has 0 spiro atoms. The first kappa shape index (κ1) is 17.1. The SMILES string of the molecule is CN(C)Cc1ccnc([C@H]2CCCN2Cc2ccc3ccccc3c2)n1. The van der Waals surface area contributed by atoms with Crippen molar-refractivity contribution in [2.45, 2.75) is 32.0 Å². The highest BCUT2D eigenvalue weighted by molar-refractivity contribution is 5.82. The number of nitrogens with zero attached hydrogens (tertiary/aromatic N) is 4. The highest BCUT2D eigenvalue weighted by Crippen LogP contribution is 2.31. The van der Waals surface area contributed by atoms with Gasteiger partial charge in [-0.1, -0.05) is 36.4 Å². The summed E-state index contributed by atoms with van der Waals surface area (Å²) in [5, 5.41) is 2.61. The van der Waals surface area contributed by atoms with Crippen molar-refractivity contribution < 1.29 is 0 Å². The van der Waals surface area contributed by atoms with E-state index >= 15 is 0 Å². The van der Waals surface area contributed by atoms with E-state index in [2.05, 4.69) is 71.3 Å². The van der Waals surface area contributed by atoms with Gasteiger partial charge in [0, 0.05) is 19.3 Å². The van der Waals surface area contributed by atoms with Crippen LogP contribution in [0.3, 0.4) is 0 Å². The van der Waals surface area contributed by atoms with Crippen molar-refractivity contribution in [3.63, 3.8) is 0 Å². The second kappa shape index (κ2) is 7.52. The van der Waals surface area contributed by atoms with Crippen LogP contribution in [-0.2, 0) is 13.1 Å². The molecule has 26 heavy (non-hydrogen) atoms. The van der Waals surface area contributed by atoms with E-state index in [4.69, 9.17) is 4.98 Å². The zero-order chi connectivity index (χ0) is 17.9. The van der Waals surface area contributed by atoms with E-state index in [9.17, 15) is 0 Å². The van der Waals surface area contributed by atoms with Crippen LogP contribution >= 0.6 is 0 Å². The van der Waals surface area contributed by atoms with E-state index in [1.54, 1.807) is 0 Å². The zero-order valence-corrected chi connectivity index (χ0v) is 15.6. The molecule has 1 aromatic heterocycles. The van der Waals surface area contributed by atoms with E-state index in [1.165, 1.54) is 22.8 Å². The molecular formula is C22H26N4. The van der Waals surface area contributed by atoms with Gasteiger partial charge in [-0.15, -0.1) is 0 Å². The Morgan fingerprint density at radius 1 is 1.08 bits per heavy atom. The normalized spacial score (nSPS) is 18.0. The van der Waals surface area contributed by atoms with Gasteiger partial charge in [-0.2, -0.15) is 0 Å². The van der Waals surface area contributed by atoms with Gasteiger partial charge in [-0.25, -0.2) is 9.97 Å². The Kier molecular flexibility index (Phi) is 4.96. The number of hydrogen-bond donors (Lipinski definition) is 0. The van der Waals surface area contributed by atoms with Crippen molar-refractivity contribution >= 4 is 10.8 Å². The van der Waals surface area contributed by atoms with E-state index in [-0.39, 0.29) is 0 Å². The molecule has 0 saturated carbocycles. The molecule has 4 nitrogen and oxygen atoms in total.